The van der Waals surface area contributed by atoms with Crippen molar-refractivity contribution in [2.24, 2.45) is 0 Å². The van der Waals surface area contributed by atoms with Gasteiger partial charge in [0.2, 0.25) is 13.4 Å². The Bertz CT molecular complexity index is 2610. The second-order valence-corrected chi connectivity index (χ2v) is 15.4. The molecular formula is C46H32B2. The van der Waals surface area contributed by atoms with E-state index in [9.17, 15) is 0 Å². The van der Waals surface area contributed by atoms with Gasteiger partial charge in [-0.1, -0.05) is 158 Å². The molecule has 0 saturated heterocycles. The Labute approximate surface area is 281 Å². The quantitative estimate of drug-likeness (QED) is 0.139. The lowest BCUT2D eigenvalue weighted by Crippen LogP contribution is -2.53. The van der Waals surface area contributed by atoms with E-state index in [0.29, 0.717) is 11.8 Å². The first kappa shape index (κ1) is 26.0. The van der Waals surface area contributed by atoms with Gasteiger partial charge in [-0.2, -0.15) is 0 Å². The predicted octanol–water partition coefficient (Wildman–Crippen LogP) is 7.78. The molecule has 4 aliphatic rings. The van der Waals surface area contributed by atoms with Crippen LogP contribution in [0.1, 0.15) is 50.7 Å². The van der Waals surface area contributed by atoms with Crippen LogP contribution in [0.5, 0.6) is 0 Å². The Morgan fingerprint density at radius 3 is 1.15 bits per heavy atom. The normalized spacial score (nSPS) is 14.1. The molecule has 8 aromatic rings. The molecule has 4 aliphatic heterocycles. The summed E-state index contributed by atoms with van der Waals surface area (Å²) in [6.45, 7) is 10.1. The van der Waals surface area contributed by atoms with Crippen molar-refractivity contribution in [2.45, 2.75) is 39.5 Å². The van der Waals surface area contributed by atoms with Crippen LogP contribution in [-0.2, 0) is 0 Å². The molecule has 48 heavy (non-hydrogen) atoms. The van der Waals surface area contributed by atoms with Gasteiger partial charge < -0.3 is 0 Å². The van der Waals surface area contributed by atoms with Gasteiger partial charge in [0.25, 0.3) is 0 Å². The van der Waals surface area contributed by atoms with Crippen LogP contribution in [0.3, 0.4) is 0 Å². The first-order valence-electron chi connectivity index (χ1n) is 17.8. The molecular weight excluding hydrogens is 574 g/mol. The average molecular weight is 606 g/mol. The molecule has 0 aliphatic carbocycles. The van der Waals surface area contributed by atoms with Crippen molar-refractivity contribution in [3.8, 4) is 44.5 Å². The Balaban J connectivity index is 1.35. The third-order valence-corrected chi connectivity index (χ3v) is 12.6. The lowest BCUT2D eigenvalue weighted by molar-refractivity contribution is 0.876. The van der Waals surface area contributed by atoms with Crippen LogP contribution < -0.4 is 32.8 Å². The smallest absolute Gasteiger partial charge is 0.0664 e. The number of fused-ring (bicyclic) bond motifs is 10. The van der Waals surface area contributed by atoms with Crippen LogP contribution in [0, 0.1) is 0 Å². The topological polar surface area (TPSA) is 0 Å². The highest BCUT2D eigenvalue weighted by Crippen LogP contribution is 2.49. The molecule has 0 radical (unpaired) electrons. The zero-order valence-corrected chi connectivity index (χ0v) is 27.7. The summed E-state index contributed by atoms with van der Waals surface area (Å²) in [5.74, 6) is 0.805. The van der Waals surface area contributed by atoms with Gasteiger partial charge in [0.1, 0.15) is 0 Å². The van der Waals surface area contributed by atoms with Crippen molar-refractivity contribution in [3.05, 3.63) is 120 Å². The van der Waals surface area contributed by atoms with Crippen molar-refractivity contribution < 1.29 is 0 Å². The third kappa shape index (κ3) is 2.79. The lowest BCUT2D eigenvalue weighted by Gasteiger charge is -2.33. The Kier molecular flexibility index (Phi) is 4.59. The summed E-state index contributed by atoms with van der Waals surface area (Å²) < 4.78 is 0. The van der Waals surface area contributed by atoms with Gasteiger partial charge in [0, 0.05) is 0 Å². The van der Waals surface area contributed by atoms with E-state index < -0.39 is 0 Å². The fourth-order valence-corrected chi connectivity index (χ4v) is 10.8. The summed E-state index contributed by atoms with van der Waals surface area (Å²) >= 11 is 0. The highest BCUT2D eigenvalue weighted by molar-refractivity contribution is 7.03. The molecule has 222 valence electrons. The second-order valence-electron chi connectivity index (χ2n) is 15.4. The molecule has 0 amide bonds. The van der Waals surface area contributed by atoms with Gasteiger partial charge in [-0.05, 0) is 112 Å². The molecule has 0 fully saturated rings. The molecule has 0 bridgehead atoms. The van der Waals surface area contributed by atoms with Crippen LogP contribution in [0.4, 0.5) is 0 Å². The van der Waals surface area contributed by atoms with E-state index in [0.717, 1.165) is 0 Å². The summed E-state index contributed by atoms with van der Waals surface area (Å²) in [4.78, 5) is 0. The van der Waals surface area contributed by atoms with Crippen molar-refractivity contribution in [1.82, 2.24) is 0 Å². The second kappa shape index (κ2) is 8.50. The van der Waals surface area contributed by atoms with E-state index in [-0.39, 0.29) is 13.4 Å². The molecule has 12 rings (SSSR count). The minimum Gasteiger partial charge on any atom is -0.0664 e. The lowest BCUT2D eigenvalue weighted by atomic mass is 9.34. The number of rotatable bonds is 2. The third-order valence-electron chi connectivity index (χ3n) is 12.6. The minimum absolute atomic E-state index is 0.258. The van der Waals surface area contributed by atoms with Gasteiger partial charge in [-0.15, -0.1) is 0 Å². The van der Waals surface area contributed by atoms with Crippen molar-refractivity contribution in [3.63, 3.8) is 0 Å². The molecule has 4 heterocycles. The molecule has 0 unspecified atom stereocenters. The Morgan fingerprint density at radius 2 is 0.729 bits per heavy atom. The number of hydrogen-bond donors (Lipinski definition) is 0. The highest BCUT2D eigenvalue weighted by atomic mass is 14.3. The van der Waals surface area contributed by atoms with Crippen molar-refractivity contribution >= 4 is 78.5 Å². The SMILES string of the molecule is CC(C)c1cc2c3c(cc4c(C(C)C)cc5c6c(cc1c3c46)B1c3ccccc3-c3cccc-5c31)B1c3ccccc3-c3cccc-2c31. The van der Waals surface area contributed by atoms with Crippen molar-refractivity contribution in [2.75, 3.05) is 0 Å². The maximum Gasteiger partial charge on any atom is 0.244 e. The van der Waals surface area contributed by atoms with Gasteiger partial charge in [0.05, 0.1) is 0 Å². The first-order valence-corrected chi connectivity index (χ1v) is 17.8. The first-order chi connectivity index (χ1) is 23.5. The van der Waals surface area contributed by atoms with E-state index in [2.05, 4.69) is 137 Å². The van der Waals surface area contributed by atoms with E-state index in [1.807, 2.05) is 0 Å². The largest absolute Gasteiger partial charge is 0.244 e. The zero-order valence-electron chi connectivity index (χ0n) is 27.7. The van der Waals surface area contributed by atoms with E-state index in [1.165, 1.54) is 121 Å². The van der Waals surface area contributed by atoms with Gasteiger partial charge in [-0.3, -0.25) is 0 Å². The zero-order chi connectivity index (χ0) is 31.7. The van der Waals surface area contributed by atoms with Crippen LogP contribution in [0.2, 0.25) is 0 Å². The summed E-state index contributed by atoms with van der Waals surface area (Å²) in [5, 5.41) is 8.88. The molecule has 0 N–H and O–H groups in total. The maximum absolute atomic E-state index is 2.65. The maximum atomic E-state index is 2.65. The number of hydrogen-bond acceptors (Lipinski definition) is 0. The van der Waals surface area contributed by atoms with Gasteiger partial charge in [0.15, 0.2) is 0 Å². The molecule has 0 spiro atoms. The Morgan fingerprint density at radius 1 is 0.354 bits per heavy atom. The fraction of sp³-hybridized carbons (Fsp3) is 0.130. The monoisotopic (exact) mass is 606 g/mol. The fourth-order valence-electron chi connectivity index (χ4n) is 10.8. The van der Waals surface area contributed by atoms with E-state index >= 15 is 0 Å². The summed E-state index contributed by atoms with van der Waals surface area (Å²) in [6, 6.07) is 43.0. The predicted molar refractivity (Wildman–Crippen MR) is 209 cm³/mol. The van der Waals surface area contributed by atoms with Crippen LogP contribution >= 0.6 is 0 Å². The van der Waals surface area contributed by atoms with E-state index in [1.54, 1.807) is 0 Å². The molecule has 8 aromatic carbocycles. The number of benzene rings is 8. The summed E-state index contributed by atoms with van der Waals surface area (Å²) in [7, 11) is 0. The van der Waals surface area contributed by atoms with Gasteiger partial charge >= 0.3 is 0 Å². The van der Waals surface area contributed by atoms with Crippen LogP contribution in [0.15, 0.2) is 109 Å². The molecule has 0 nitrogen and oxygen atoms in total. The van der Waals surface area contributed by atoms with Crippen molar-refractivity contribution in [1.29, 1.82) is 0 Å². The molecule has 0 aromatic heterocycles. The van der Waals surface area contributed by atoms with Crippen LogP contribution in [0.25, 0.3) is 76.8 Å². The molecule has 0 saturated carbocycles. The summed E-state index contributed by atoms with van der Waals surface area (Å²) in [6.07, 6.45) is 0. The molecule has 2 heteroatoms. The van der Waals surface area contributed by atoms with E-state index in [4.69, 9.17) is 0 Å². The minimum atomic E-state index is 0.258. The van der Waals surface area contributed by atoms with Crippen LogP contribution in [-0.4, -0.2) is 13.4 Å². The highest BCUT2D eigenvalue weighted by Gasteiger charge is 2.44. The average Bonchev–Trinajstić information content (AvgIpc) is 3.63. The summed E-state index contributed by atoms with van der Waals surface area (Å²) in [5.41, 5.74) is 23.2. The molecule has 0 atom stereocenters. The Hall–Kier alpha value is -5.07. The van der Waals surface area contributed by atoms with Gasteiger partial charge in [-0.25, -0.2) is 0 Å². The standard InChI is InChI=1S/C46H32B2/c1-23(2)31-19-33-29-15-9-13-27-25-11-6-8-18-38(25)48(45(27)29)40-22-36-32(24(3)4)20-34-30-16-10-14-28-26-12-5-7-17-37(26)47(46(28)30)39-21-35(31)43(41(33)40)44(36)42(34)39/h5-24H,1-4H3.